The van der Waals surface area contributed by atoms with E-state index in [9.17, 15) is 0 Å². The number of rotatable bonds is 7. The van der Waals surface area contributed by atoms with Gasteiger partial charge >= 0.3 is 0 Å². The quantitative estimate of drug-likeness (QED) is 0.706. The molecule has 0 spiro atoms. The number of allylic oxidation sites excluding steroid dienone is 1. The minimum absolute atomic E-state index is 0.728. The summed E-state index contributed by atoms with van der Waals surface area (Å²) >= 11 is 0. The highest BCUT2D eigenvalue weighted by atomic mass is 15.1. The fourth-order valence-electron chi connectivity index (χ4n) is 3.75. The Bertz CT molecular complexity index is 310. The zero-order valence-corrected chi connectivity index (χ0v) is 12.6. The molecular weight excluding hydrogens is 232 g/mol. The Labute approximate surface area is 118 Å². The van der Waals surface area contributed by atoms with Crippen LogP contribution < -0.4 is 5.32 Å². The molecule has 0 amide bonds. The molecule has 1 N–H and O–H groups in total. The Balaban J connectivity index is 1.78. The van der Waals surface area contributed by atoms with Crippen molar-refractivity contribution < 1.29 is 0 Å². The Morgan fingerprint density at radius 2 is 2.32 bits per heavy atom. The zero-order valence-electron chi connectivity index (χ0n) is 12.6. The van der Waals surface area contributed by atoms with Crippen LogP contribution in [0.4, 0.5) is 0 Å². The molecule has 1 saturated heterocycles. The molecule has 108 valence electrons. The van der Waals surface area contributed by atoms with Crippen molar-refractivity contribution in [3.8, 4) is 0 Å². The largest absolute Gasteiger partial charge is 0.380 e. The maximum Gasteiger partial charge on any atom is 0.0233 e. The van der Waals surface area contributed by atoms with Gasteiger partial charge in [0.15, 0.2) is 0 Å². The van der Waals surface area contributed by atoms with E-state index in [4.69, 9.17) is 0 Å². The van der Waals surface area contributed by atoms with E-state index < -0.39 is 0 Å². The lowest BCUT2D eigenvalue weighted by Crippen LogP contribution is -2.36. The lowest BCUT2D eigenvalue weighted by Gasteiger charge is -2.24. The van der Waals surface area contributed by atoms with E-state index in [1.807, 2.05) is 0 Å². The third-order valence-electron chi connectivity index (χ3n) is 4.70. The summed E-state index contributed by atoms with van der Waals surface area (Å²) in [4.78, 5) is 2.30. The van der Waals surface area contributed by atoms with E-state index >= 15 is 0 Å². The van der Waals surface area contributed by atoms with E-state index in [0.29, 0.717) is 0 Å². The van der Waals surface area contributed by atoms with Gasteiger partial charge in [0.1, 0.15) is 0 Å². The van der Waals surface area contributed by atoms with Crippen molar-refractivity contribution in [1.29, 1.82) is 0 Å². The molecule has 0 aliphatic carbocycles. The molecule has 2 nitrogen and oxygen atoms in total. The summed E-state index contributed by atoms with van der Waals surface area (Å²) in [7, 11) is 2.17. The first-order chi connectivity index (χ1) is 9.22. The highest BCUT2D eigenvalue weighted by molar-refractivity contribution is 5.00. The number of hydrogen-bond acceptors (Lipinski definition) is 2. The van der Waals surface area contributed by atoms with Crippen molar-refractivity contribution >= 4 is 0 Å². The first-order valence-electron chi connectivity index (χ1n) is 7.98. The number of nitrogens with one attached hydrogen (secondary N) is 1. The van der Waals surface area contributed by atoms with Gasteiger partial charge in [-0.1, -0.05) is 25.5 Å². The molecule has 2 aliphatic rings. The van der Waals surface area contributed by atoms with Crippen molar-refractivity contribution in [2.24, 2.45) is 11.8 Å². The van der Waals surface area contributed by atoms with Crippen molar-refractivity contribution in [1.82, 2.24) is 10.2 Å². The second-order valence-electron chi connectivity index (χ2n) is 6.40. The van der Waals surface area contributed by atoms with E-state index in [1.54, 1.807) is 0 Å². The fourth-order valence-corrected chi connectivity index (χ4v) is 3.75. The van der Waals surface area contributed by atoms with Gasteiger partial charge in [-0.3, -0.25) is 0 Å². The van der Waals surface area contributed by atoms with Gasteiger partial charge in [0, 0.05) is 25.7 Å². The van der Waals surface area contributed by atoms with Gasteiger partial charge in [0.25, 0.3) is 0 Å². The fraction of sp³-hybridized carbons (Fsp3) is 0.765. The third-order valence-corrected chi connectivity index (χ3v) is 4.70. The molecule has 2 heteroatoms. The van der Waals surface area contributed by atoms with Crippen LogP contribution in [0.5, 0.6) is 0 Å². The van der Waals surface area contributed by atoms with Crippen molar-refractivity contribution in [2.75, 3.05) is 13.6 Å². The van der Waals surface area contributed by atoms with Crippen LogP contribution in [0.2, 0.25) is 0 Å². The second-order valence-corrected chi connectivity index (χ2v) is 6.40. The first-order valence-corrected chi connectivity index (χ1v) is 7.98. The predicted molar refractivity (Wildman–Crippen MR) is 83.0 cm³/mol. The van der Waals surface area contributed by atoms with Crippen LogP contribution >= 0.6 is 0 Å². The van der Waals surface area contributed by atoms with Gasteiger partial charge < -0.3 is 10.2 Å². The van der Waals surface area contributed by atoms with Gasteiger partial charge in [-0.05, 0) is 50.1 Å². The molecule has 0 radical (unpaired) electrons. The van der Waals surface area contributed by atoms with Crippen LogP contribution in [-0.4, -0.2) is 30.6 Å². The van der Waals surface area contributed by atoms with Crippen LogP contribution in [0.15, 0.2) is 24.9 Å². The third kappa shape index (κ3) is 4.10. The summed E-state index contributed by atoms with van der Waals surface area (Å²) in [5.41, 5.74) is 0. The van der Waals surface area contributed by atoms with E-state index in [-0.39, 0.29) is 0 Å². The van der Waals surface area contributed by atoms with Crippen molar-refractivity contribution in [2.45, 2.75) is 57.5 Å². The van der Waals surface area contributed by atoms with Crippen molar-refractivity contribution in [3.63, 3.8) is 0 Å². The molecule has 0 saturated carbocycles. The summed E-state index contributed by atoms with van der Waals surface area (Å²) in [5, 5.41) is 3.90. The van der Waals surface area contributed by atoms with E-state index in [1.165, 1.54) is 45.1 Å². The summed E-state index contributed by atoms with van der Waals surface area (Å²) in [6, 6.07) is 1.46. The predicted octanol–water partition coefficient (Wildman–Crippen LogP) is 3.56. The molecule has 2 aliphatic heterocycles. The molecule has 2 unspecified atom stereocenters. The van der Waals surface area contributed by atoms with Crippen LogP contribution in [0.25, 0.3) is 0 Å². The highest BCUT2D eigenvalue weighted by Gasteiger charge is 2.30. The summed E-state index contributed by atoms with van der Waals surface area (Å²) in [6.45, 7) is 7.42. The topological polar surface area (TPSA) is 15.3 Å². The SMILES string of the molecule is C=CCC(CCC)[C@H]1CC[C@@H](CC2C=CN(C)C2)N1. The molecule has 0 bridgehead atoms. The molecule has 0 aromatic rings. The summed E-state index contributed by atoms with van der Waals surface area (Å²) < 4.78 is 0. The molecule has 1 fully saturated rings. The lowest BCUT2D eigenvalue weighted by molar-refractivity contribution is 0.337. The highest BCUT2D eigenvalue weighted by Crippen LogP contribution is 2.29. The monoisotopic (exact) mass is 262 g/mol. The van der Waals surface area contributed by atoms with Gasteiger partial charge in [-0.2, -0.15) is 0 Å². The van der Waals surface area contributed by atoms with Crippen LogP contribution in [0, 0.1) is 11.8 Å². The van der Waals surface area contributed by atoms with Gasteiger partial charge in [0.2, 0.25) is 0 Å². The molecule has 19 heavy (non-hydrogen) atoms. The van der Waals surface area contributed by atoms with Crippen LogP contribution in [0.1, 0.15) is 45.4 Å². The summed E-state index contributed by atoms with van der Waals surface area (Å²) in [5.74, 6) is 1.56. The smallest absolute Gasteiger partial charge is 0.0233 e. The zero-order chi connectivity index (χ0) is 13.7. The number of nitrogens with zero attached hydrogens (tertiary/aromatic N) is 1. The minimum atomic E-state index is 0.728. The molecule has 0 aromatic carbocycles. The lowest BCUT2D eigenvalue weighted by atomic mass is 9.90. The first kappa shape index (κ1) is 14.6. The second kappa shape index (κ2) is 7.14. The average Bonchev–Trinajstić information content (AvgIpc) is 2.99. The Kier molecular flexibility index (Phi) is 5.50. The van der Waals surface area contributed by atoms with Gasteiger partial charge in [0.05, 0.1) is 0 Å². The number of hydrogen-bond donors (Lipinski definition) is 1. The maximum atomic E-state index is 3.92. The Hall–Kier alpha value is -0.760. The maximum absolute atomic E-state index is 3.92. The molecule has 2 heterocycles. The van der Waals surface area contributed by atoms with Crippen molar-refractivity contribution in [3.05, 3.63) is 24.9 Å². The van der Waals surface area contributed by atoms with Crippen LogP contribution in [0.3, 0.4) is 0 Å². The van der Waals surface area contributed by atoms with Gasteiger partial charge in [-0.25, -0.2) is 0 Å². The average molecular weight is 262 g/mol. The Morgan fingerprint density at radius 3 is 2.95 bits per heavy atom. The minimum Gasteiger partial charge on any atom is -0.380 e. The van der Waals surface area contributed by atoms with Gasteiger partial charge in [-0.15, -0.1) is 6.58 Å². The normalized spacial score (nSPS) is 31.9. The Morgan fingerprint density at radius 1 is 1.47 bits per heavy atom. The molecule has 0 aromatic heterocycles. The standard InChI is InChI=1S/C17H30N2/c1-4-6-15(7-5-2)17-9-8-16(18-17)12-14-10-11-19(3)13-14/h4,10-11,14-18H,1,5-9,12-13H2,2-3H3/t14?,15?,16-,17+/m0/s1. The molecule has 4 atom stereocenters. The van der Waals surface area contributed by atoms with E-state index in [2.05, 4.69) is 49.1 Å². The van der Waals surface area contributed by atoms with Crippen LogP contribution in [-0.2, 0) is 0 Å². The summed E-state index contributed by atoms with van der Waals surface area (Å²) in [6.07, 6.45) is 14.5. The van der Waals surface area contributed by atoms with E-state index in [0.717, 1.165) is 23.9 Å². The molecule has 2 rings (SSSR count). The molecular formula is C17H30N2.